The van der Waals surface area contributed by atoms with Crippen LogP contribution in [0.3, 0.4) is 0 Å². The summed E-state index contributed by atoms with van der Waals surface area (Å²) in [6.45, 7) is 8.68. The van der Waals surface area contributed by atoms with Gasteiger partial charge in [0.15, 0.2) is 0 Å². The molecule has 0 saturated carbocycles. The van der Waals surface area contributed by atoms with Crippen LogP contribution >= 0.6 is 0 Å². The number of nitrogen functional groups attached to an aromatic ring is 1. The van der Waals surface area contributed by atoms with Gasteiger partial charge in [-0.05, 0) is 44.9 Å². The summed E-state index contributed by atoms with van der Waals surface area (Å²) < 4.78 is 7.72. The highest BCUT2D eigenvalue weighted by atomic mass is 16.5. The number of benzene rings is 1. The third-order valence-corrected chi connectivity index (χ3v) is 3.13. The molecule has 0 amide bonds. The van der Waals surface area contributed by atoms with Gasteiger partial charge in [-0.15, -0.1) is 0 Å². The van der Waals surface area contributed by atoms with E-state index < -0.39 is 0 Å². The second-order valence-corrected chi connectivity index (χ2v) is 5.14. The van der Waals surface area contributed by atoms with E-state index in [1.54, 1.807) is 0 Å². The number of anilines is 1. The first kappa shape index (κ1) is 13.5. The van der Waals surface area contributed by atoms with Crippen molar-refractivity contribution in [1.29, 1.82) is 0 Å². The maximum atomic E-state index is 5.90. The van der Waals surface area contributed by atoms with Crippen LogP contribution in [-0.4, -0.2) is 9.78 Å². The summed E-state index contributed by atoms with van der Waals surface area (Å²) in [5.74, 6) is 0.821. The van der Waals surface area contributed by atoms with E-state index in [1.165, 1.54) is 0 Å². The minimum atomic E-state index is 0.366. The third-order valence-electron chi connectivity index (χ3n) is 3.13. The Bertz CT molecular complexity index is 573. The van der Waals surface area contributed by atoms with Gasteiger partial charge in [-0.3, -0.25) is 4.68 Å². The molecule has 1 heterocycles. The van der Waals surface area contributed by atoms with Crippen molar-refractivity contribution in [3.05, 3.63) is 41.2 Å². The van der Waals surface area contributed by atoms with Crippen LogP contribution in [0.4, 0.5) is 5.69 Å². The lowest BCUT2D eigenvalue weighted by molar-refractivity contribution is 0.297. The van der Waals surface area contributed by atoms with E-state index in [4.69, 9.17) is 10.5 Å². The minimum absolute atomic E-state index is 0.366. The molecule has 2 rings (SSSR count). The van der Waals surface area contributed by atoms with Gasteiger partial charge in [-0.25, -0.2) is 0 Å². The van der Waals surface area contributed by atoms with Crippen molar-refractivity contribution in [2.75, 3.05) is 5.73 Å². The predicted octanol–water partition coefficient (Wildman–Crippen LogP) is 3.24. The molecule has 0 saturated heterocycles. The fraction of sp³-hybridized carbons (Fsp3) is 0.400. The highest BCUT2D eigenvalue weighted by molar-refractivity contribution is 5.54. The maximum absolute atomic E-state index is 5.90. The van der Waals surface area contributed by atoms with Crippen molar-refractivity contribution in [3.8, 4) is 5.75 Å². The van der Waals surface area contributed by atoms with Crippen molar-refractivity contribution in [2.45, 2.75) is 40.3 Å². The normalized spacial score (nSPS) is 11.0. The zero-order valence-electron chi connectivity index (χ0n) is 12.0. The first-order valence-corrected chi connectivity index (χ1v) is 6.51. The van der Waals surface area contributed by atoms with Crippen molar-refractivity contribution >= 4 is 5.69 Å². The van der Waals surface area contributed by atoms with Crippen LogP contribution in [0.25, 0.3) is 0 Å². The van der Waals surface area contributed by atoms with Gasteiger partial charge in [0.2, 0.25) is 0 Å². The lowest BCUT2D eigenvalue weighted by Gasteiger charge is -2.10. The number of nitrogens with two attached hydrogens (primary N) is 1. The summed E-state index contributed by atoms with van der Waals surface area (Å²) in [5, 5.41) is 4.45. The highest BCUT2D eigenvalue weighted by Gasteiger charge is 2.06. The fourth-order valence-corrected chi connectivity index (χ4v) is 1.90. The Morgan fingerprint density at radius 3 is 2.63 bits per heavy atom. The van der Waals surface area contributed by atoms with Crippen molar-refractivity contribution in [2.24, 2.45) is 0 Å². The van der Waals surface area contributed by atoms with Gasteiger partial charge in [0.25, 0.3) is 0 Å². The monoisotopic (exact) mass is 259 g/mol. The molecular weight excluding hydrogens is 238 g/mol. The molecule has 0 aliphatic heterocycles. The van der Waals surface area contributed by atoms with Crippen LogP contribution in [-0.2, 0) is 6.61 Å². The molecule has 0 radical (unpaired) electrons. The number of hydrogen-bond donors (Lipinski definition) is 1. The first-order chi connectivity index (χ1) is 8.97. The summed E-state index contributed by atoms with van der Waals surface area (Å²) in [6, 6.07) is 6.26. The number of aryl methyl sites for hydroxylation is 2. The Hall–Kier alpha value is -1.97. The van der Waals surface area contributed by atoms with Gasteiger partial charge in [0.05, 0.1) is 5.69 Å². The first-order valence-electron chi connectivity index (χ1n) is 6.51. The van der Waals surface area contributed by atoms with E-state index in [-0.39, 0.29) is 0 Å². The molecular formula is C15H21N3O. The topological polar surface area (TPSA) is 53.1 Å². The second-order valence-electron chi connectivity index (χ2n) is 5.14. The minimum Gasteiger partial charge on any atom is -0.487 e. The molecule has 2 aromatic rings. The van der Waals surface area contributed by atoms with Gasteiger partial charge in [-0.1, -0.05) is 6.07 Å². The molecule has 0 aliphatic carbocycles. The molecule has 19 heavy (non-hydrogen) atoms. The van der Waals surface area contributed by atoms with Crippen LogP contribution in [0.15, 0.2) is 24.4 Å². The molecule has 102 valence electrons. The zero-order chi connectivity index (χ0) is 14.0. The molecule has 0 bridgehead atoms. The number of ether oxygens (including phenoxy) is 1. The van der Waals surface area contributed by atoms with Crippen LogP contribution in [0, 0.1) is 13.8 Å². The van der Waals surface area contributed by atoms with Crippen LogP contribution in [0.2, 0.25) is 0 Å². The highest BCUT2D eigenvalue weighted by Crippen LogP contribution is 2.25. The van der Waals surface area contributed by atoms with Crippen LogP contribution in [0.1, 0.15) is 36.7 Å². The Morgan fingerprint density at radius 2 is 2.00 bits per heavy atom. The van der Waals surface area contributed by atoms with E-state index in [0.29, 0.717) is 12.6 Å². The summed E-state index contributed by atoms with van der Waals surface area (Å²) >= 11 is 0. The largest absolute Gasteiger partial charge is 0.487 e. The summed E-state index contributed by atoms with van der Waals surface area (Å²) in [7, 11) is 0. The third kappa shape index (κ3) is 3.08. The van der Waals surface area contributed by atoms with Crippen LogP contribution in [0.5, 0.6) is 5.75 Å². The molecule has 1 aromatic heterocycles. The van der Waals surface area contributed by atoms with E-state index in [1.807, 2.05) is 42.9 Å². The van der Waals surface area contributed by atoms with Gasteiger partial charge >= 0.3 is 0 Å². The van der Waals surface area contributed by atoms with Gasteiger partial charge < -0.3 is 10.5 Å². The average Bonchev–Trinajstić information content (AvgIpc) is 2.81. The van der Waals surface area contributed by atoms with E-state index in [0.717, 1.165) is 28.3 Å². The Labute approximate surface area is 114 Å². The Kier molecular flexibility index (Phi) is 3.79. The number of nitrogens with zero attached hydrogens (tertiary/aromatic N) is 2. The van der Waals surface area contributed by atoms with Crippen LogP contribution < -0.4 is 10.5 Å². The van der Waals surface area contributed by atoms with Crippen molar-refractivity contribution in [1.82, 2.24) is 9.78 Å². The Morgan fingerprint density at radius 1 is 1.26 bits per heavy atom. The average molecular weight is 259 g/mol. The predicted molar refractivity (Wildman–Crippen MR) is 77.3 cm³/mol. The molecule has 4 nitrogen and oxygen atoms in total. The summed E-state index contributed by atoms with van der Waals surface area (Å²) in [5.41, 5.74) is 9.75. The van der Waals surface area contributed by atoms with Crippen molar-refractivity contribution in [3.63, 3.8) is 0 Å². The smallest absolute Gasteiger partial charge is 0.132 e. The SMILES string of the molecule is Cc1cc(C)c(OCc2ccn(C(C)C)n2)cc1N. The summed E-state index contributed by atoms with van der Waals surface area (Å²) in [6.07, 6.45) is 1.97. The lowest BCUT2D eigenvalue weighted by Crippen LogP contribution is -2.04. The molecule has 0 aliphatic rings. The molecule has 0 spiro atoms. The van der Waals surface area contributed by atoms with Gasteiger partial charge in [-0.2, -0.15) is 5.10 Å². The van der Waals surface area contributed by atoms with Crippen molar-refractivity contribution < 1.29 is 4.74 Å². The van der Waals surface area contributed by atoms with Gasteiger partial charge in [0, 0.05) is 24.0 Å². The molecule has 0 unspecified atom stereocenters. The molecule has 0 atom stereocenters. The molecule has 4 heteroatoms. The standard InChI is InChI=1S/C15H21N3O/c1-10(2)18-6-5-13(17-18)9-19-15-8-14(16)11(3)7-12(15)4/h5-8,10H,9,16H2,1-4H3. The lowest BCUT2D eigenvalue weighted by atomic mass is 10.1. The Balaban J connectivity index is 2.07. The quantitative estimate of drug-likeness (QED) is 0.857. The summed E-state index contributed by atoms with van der Waals surface area (Å²) in [4.78, 5) is 0. The second kappa shape index (κ2) is 5.34. The fourth-order valence-electron chi connectivity index (χ4n) is 1.90. The zero-order valence-corrected chi connectivity index (χ0v) is 12.0. The maximum Gasteiger partial charge on any atom is 0.132 e. The van der Waals surface area contributed by atoms with E-state index in [2.05, 4.69) is 18.9 Å². The molecule has 0 fully saturated rings. The van der Waals surface area contributed by atoms with E-state index in [9.17, 15) is 0 Å². The molecule has 2 N–H and O–H groups in total. The number of rotatable bonds is 4. The number of hydrogen-bond acceptors (Lipinski definition) is 3. The van der Waals surface area contributed by atoms with E-state index >= 15 is 0 Å². The number of aromatic nitrogens is 2. The molecule has 1 aromatic carbocycles. The van der Waals surface area contributed by atoms with Gasteiger partial charge in [0.1, 0.15) is 12.4 Å².